The quantitative estimate of drug-likeness (QED) is 0.860. The summed E-state index contributed by atoms with van der Waals surface area (Å²) < 4.78 is 5.51. The highest BCUT2D eigenvalue weighted by Crippen LogP contribution is 2.28. The minimum atomic E-state index is -0.667. The fraction of sp³-hybridized carbons (Fsp3) is 0.263. The Hall–Kier alpha value is -2.82. The van der Waals surface area contributed by atoms with Gasteiger partial charge in [0.25, 0.3) is 0 Å². The van der Waals surface area contributed by atoms with Gasteiger partial charge in [-0.25, -0.2) is 0 Å². The Morgan fingerprint density at radius 1 is 1.17 bits per heavy atom. The Labute approximate surface area is 141 Å². The average molecular weight is 324 g/mol. The van der Waals surface area contributed by atoms with Gasteiger partial charge in [-0.1, -0.05) is 30.3 Å². The number of anilines is 2. The molecule has 3 rings (SSSR count). The van der Waals surface area contributed by atoms with Crippen molar-refractivity contribution in [3.8, 4) is 5.75 Å². The average Bonchev–Trinajstić information content (AvgIpc) is 2.99. The Morgan fingerprint density at radius 2 is 1.88 bits per heavy atom. The minimum Gasteiger partial charge on any atom is -0.492 e. The Balaban J connectivity index is 1.72. The van der Waals surface area contributed by atoms with Crippen molar-refractivity contribution in [2.24, 2.45) is 5.92 Å². The van der Waals surface area contributed by atoms with E-state index in [1.165, 1.54) is 0 Å². The van der Waals surface area contributed by atoms with Crippen LogP contribution in [0.4, 0.5) is 11.4 Å². The number of para-hydroxylation sites is 3. The van der Waals surface area contributed by atoms with E-state index in [-0.39, 0.29) is 11.8 Å². The summed E-state index contributed by atoms with van der Waals surface area (Å²) in [7, 11) is 0. The smallest absolute Gasteiger partial charge is 0.239 e. The standard InChI is InChI=1S/C19H20N2O3/c1-2-24-17-11-7-6-10-16(17)20-18(22)15-12-13-21(19(15)23)14-8-4-3-5-9-14/h3-11,15H,2,12-13H2,1H3,(H,20,22)/t15-/m1/s1. The SMILES string of the molecule is CCOc1ccccc1NC(=O)[C@H]1CCN(c2ccccc2)C1=O. The third-order valence-electron chi connectivity index (χ3n) is 4.03. The lowest BCUT2D eigenvalue weighted by molar-refractivity contribution is -0.129. The van der Waals surface area contributed by atoms with Gasteiger partial charge in [-0.15, -0.1) is 0 Å². The summed E-state index contributed by atoms with van der Waals surface area (Å²) in [6.45, 7) is 2.95. The molecule has 1 N–H and O–H groups in total. The number of hydrogen-bond donors (Lipinski definition) is 1. The molecule has 2 aromatic rings. The largest absolute Gasteiger partial charge is 0.492 e. The molecule has 2 aromatic carbocycles. The Morgan fingerprint density at radius 3 is 2.62 bits per heavy atom. The molecular formula is C19H20N2O3. The number of amides is 2. The van der Waals surface area contributed by atoms with Crippen LogP contribution in [0.1, 0.15) is 13.3 Å². The van der Waals surface area contributed by atoms with Gasteiger partial charge >= 0.3 is 0 Å². The molecular weight excluding hydrogens is 304 g/mol. The number of hydrogen-bond acceptors (Lipinski definition) is 3. The van der Waals surface area contributed by atoms with E-state index < -0.39 is 5.92 Å². The van der Waals surface area contributed by atoms with Crippen LogP contribution in [-0.4, -0.2) is 25.0 Å². The van der Waals surface area contributed by atoms with Crippen LogP contribution in [0, 0.1) is 5.92 Å². The molecule has 1 fully saturated rings. The summed E-state index contributed by atoms with van der Waals surface area (Å²) in [6.07, 6.45) is 0.510. The summed E-state index contributed by atoms with van der Waals surface area (Å²) in [5.74, 6) is -0.503. The van der Waals surface area contributed by atoms with Crippen LogP contribution in [0.3, 0.4) is 0 Å². The maximum atomic E-state index is 12.6. The highest BCUT2D eigenvalue weighted by Gasteiger charge is 2.37. The normalized spacial score (nSPS) is 17.0. The first-order valence-electron chi connectivity index (χ1n) is 8.10. The summed E-state index contributed by atoms with van der Waals surface area (Å²) in [6, 6.07) is 16.7. The highest BCUT2D eigenvalue weighted by molar-refractivity contribution is 6.13. The molecule has 1 aliphatic rings. The summed E-state index contributed by atoms with van der Waals surface area (Å²) in [5.41, 5.74) is 1.42. The second-order valence-corrected chi connectivity index (χ2v) is 5.59. The number of rotatable bonds is 5. The molecule has 124 valence electrons. The molecule has 0 spiro atoms. The lowest BCUT2D eigenvalue weighted by Crippen LogP contribution is -2.33. The first-order valence-corrected chi connectivity index (χ1v) is 8.10. The third-order valence-corrected chi connectivity index (χ3v) is 4.03. The van der Waals surface area contributed by atoms with Crippen LogP contribution in [0.15, 0.2) is 54.6 Å². The minimum absolute atomic E-state index is 0.160. The van der Waals surface area contributed by atoms with Gasteiger partial charge in [0.05, 0.1) is 12.3 Å². The van der Waals surface area contributed by atoms with Crippen molar-refractivity contribution >= 4 is 23.2 Å². The molecule has 1 saturated heterocycles. The molecule has 0 saturated carbocycles. The third kappa shape index (κ3) is 3.25. The van der Waals surface area contributed by atoms with E-state index >= 15 is 0 Å². The molecule has 1 heterocycles. The van der Waals surface area contributed by atoms with Crippen LogP contribution in [-0.2, 0) is 9.59 Å². The van der Waals surface area contributed by atoms with Crippen molar-refractivity contribution in [2.45, 2.75) is 13.3 Å². The Bertz CT molecular complexity index is 730. The van der Waals surface area contributed by atoms with E-state index in [1.54, 1.807) is 17.0 Å². The molecule has 24 heavy (non-hydrogen) atoms. The zero-order chi connectivity index (χ0) is 16.9. The molecule has 0 radical (unpaired) electrons. The van der Waals surface area contributed by atoms with Gasteiger partial charge in [-0.3, -0.25) is 9.59 Å². The van der Waals surface area contributed by atoms with Crippen molar-refractivity contribution in [3.63, 3.8) is 0 Å². The fourth-order valence-electron chi connectivity index (χ4n) is 2.86. The molecule has 2 amide bonds. The van der Waals surface area contributed by atoms with Gasteiger partial charge in [0.2, 0.25) is 11.8 Å². The number of nitrogens with zero attached hydrogens (tertiary/aromatic N) is 1. The molecule has 5 nitrogen and oxygen atoms in total. The second kappa shape index (κ2) is 7.17. The van der Waals surface area contributed by atoms with E-state index in [0.717, 1.165) is 5.69 Å². The fourth-order valence-corrected chi connectivity index (χ4v) is 2.86. The maximum Gasteiger partial charge on any atom is 0.239 e. The number of nitrogens with one attached hydrogen (secondary N) is 1. The number of ether oxygens (including phenoxy) is 1. The van der Waals surface area contributed by atoms with Gasteiger partial charge in [0.1, 0.15) is 11.7 Å². The van der Waals surface area contributed by atoms with Crippen molar-refractivity contribution in [3.05, 3.63) is 54.6 Å². The predicted octanol–water partition coefficient (Wildman–Crippen LogP) is 3.08. The number of carbonyl (C=O) groups excluding carboxylic acids is 2. The van der Waals surface area contributed by atoms with Crippen molar-refractivity contribution in [1.29, 1.82) is 0 Å². The molecule has 5 heteroatoms. The predicted molar refractivity (Wildman–Crippen MR) is 93.1 cm³/mol. The maximum absolute atomic E-state index is 12.6. The van der Waals surface area contributed by atoms with Crippen molar-refractivity contribution in [1.82, 2.24) is 0 Å². The second-order valence-electron chi connectivity index (χ2n) is 5.59. The Kier molecular flexibility index (Phi) is 4.79. The van der Waals surface area contributed by atoms with Crippen LogP contribution in [0.25, 0.3) is 0 Å². The van der Waals surface area contributed by atoms with Gasteiger partial charge in [0.15, 0.2) is 0 Å². The van der Waals surface area contributed by atoms with E-state index in [2.05, 4.69) is 5.32 Å². The topological polar surface area (TPSA) is 58.6 Å². The van der Waals surface area contributed by atoms with E-state index in [1.807, 2.05) is 49.4 Å². The lowest BCUT2D eigenvalue weighted by atomic mass is 10.1. The van der Waals surface area contributed by atoms with Crippen LogP contribution in [0.5, 0.6) is 5.75 Å². The zero-order valence-corrected chi connectivity index (χ0v) is 13.6. The first-order chi connectivity index (χ1) is 11.7. The number of carbonyl (C=O) groups is 2. The summed E-state index contributed by atoms with van der Waals surface area (Å²) in [5, 5.41) is 2.83. The van der Waals surface area contributed by atoms with E-state index in [4.69, 9.17) is 4.74 Å². The van der Waals surface area contributed by atoms with Crippen LogP contribution < -0.4 is 15.0 Å². The van der Waals surface area contributed by atoms with Gasteiger partial charge in [0, 0.05) is 12.2 Å². The molecule has 0 aromatic heterocycles. The monoisotopic (exact) mass is 324 g/mol. The van der Waals surface area contributed by atoms with Crippen LogP contribution in [0.2, 0.25) is 0 Å². The summed E-state index contributed by atoms with van der Waals surface area (Å²) >= 11 is 0. The van der Waals surface area contributed by atoms with Crippen molar-refractivity contribution < 1.29 is 14.3 Å². The molecule has 0 bridgehead atoms. The zero-order valence-electron chi connectivity index (χ0n) is 13.6. The van der Waals surface area contributed by atoms with E-state index in [0.29, 0.717) is 31.0 Å². The molecule has 0 aliphatic carbocycles. The summed E-state index contributed by atoms with van der Waals surface area (Å²) in [4.78, 5) is 26.8. The first kappa shape index (κ1) is 16.1. The van der Waals surface area contributed by atoms with Gasteiger partial charge < -0.3 is 15.0 Å². The van der Waals surface area contributed by atoms with E-state index in [9.17, 15) is 9.59 Å². The molecule has 1 atom stereocenters. The molecule has 1 aliphatic heterocycles. The molecule has 0 unspecified atom stereocenters. The highest BCUT2D eigenvalue weighted by atomic mass is 16.5. The van der Waals surface area contributed by atoms with Crippen LogP contribution >= 0.6 is 0 Å². The number of benzene rings is 2. The van der Waals surface area contributed by atoms with Crippen molar-refractivity contribution in [2.75, 3.05) is 23.4 Å². The lowest BCUT2D eigenvalue weighted by Gasteiger charge is -2.17. The van der Waals surface area contributed by atoms with Gasteiger partial charge in [-0.2, -0.15) is 0 Å². The van der Waals surface area contributed by atoms with Gasteiger partial charge in [-0.05, 0) is 37.6 Å².